The average molecular weight is 429 g/mol. The van der Waals surface area contributed by atoms with Gasteiger partial charge in [0.25, 0.3) is 0 Å². The molecule has 6 heteroatoms. The lowest BCUT2D eigenvalue weighted by Crippen LogP contribution is -2.20. The first-order valence-electron chi connectivity index (χ1n) is 10.2. The average Bonchev–Trinajstić information content (AvgIpc) is 3.21. The van der Waals surface area contributed by atoms with Crippen LogP contribution in [-0.4, -0.2) is 30.7 Å². The first-order chi connectivity index (χ1) is 15.6. The summed E-state index contributed by atoms with van der Waals surface area (Å²) in [4.78, 5) is 25.0. The van der Waals surface area contributed by atoms with Crippen LogP contribution in [0.5, 0.6) is 5.75 Å². The zero-order valence-electron chi connectivity index (χ0n) is 17.9. The van der Waals surface area contributed by atoms with Crippen molar-refractivity contribution in [2.45, 2.75) is 12.6 Å². The summed E-state index contributed by atoms with van der Waals surface area (Å²) in [6, 6.07) is 26.2. The number of carbonyl (C=O) groups excluding carboxylic acids is 2. The number of hydrogen-bond acceptors (Lipinski definition) is 5. The van der Waals surface area contributed by atoms with Gasteiger partial charge in [0, 0.05) is 17.5 Å². The predicted molar refractivity (Wildman–Crippen MR) is 121 cm³/mol. The molecule has 0 radical (unpaired) electrons. The molecule has 6 nitrogen and oxygen atoms in total. The molecule has 3 aromatic carbocycles. The van der Waals surface area contributed by atoms with Crippen LogP contribution in [-0.2, 0) is 20.8 Å². The minimum atomic E-state index is -0.939. The minimum Gasteiger partial charge on any atom is -0.473 e. The van der Waals surface area contributed by atoms with Crippen LogP contribution >= 0.6 is 0 Å². The summed E-state index contributed by atoms with van der Waals surface area (Å²) in [5, 5.41) is 0.702. The summed E-state index contributed by atoms with van der Waals surface area (Å²) in [5.41, 5.74) is 2.91. The van der Waals surface area contributed by atoms with Crippen LogP contribution < -0.4 is 4.74 Å². The van der Waals surface area contributed by atoms with Gasteiger partial charge in [0.2, 0.25) is 6.10 Å². The second-order valence-electron chi connectivity index (χ2n) is 7.21. The number of fused-ring (bicyclic) bond motifs is 1. The smallest absolute Gasteiger partial charge is 0.354 e. The van der Waals surface area contributed by atoms with Gasteiger partial charge in [-0.25, -0.2) is 9.59 Å². The van der Waals surface area contributed by atoms with Gasteiger partial charge < -0.3 is 18.8 Å². The molecule has 32 heavy (non-hydrogen) atoms. The van der Waals surface area contributed by atoms with E-state index in [-0.39, 0.29) is 0 Å². The first kappa shape index (κ1) is 21.2. The molecule has 0 bridgehead atoms. The van der Waals surface area contributed by atoms with E-state index in [9.17, 15) is 9.59 Å². The molecular weight excluding hydrogens is 406 g/mol. The highest BCUT2D eigenvalue weighted by atomic mass is 16.6. The zero-order valence-corrected chi connectivity index (χ0v) is 17.9. The Kier molecular flexibility index (Phi) is 6.22. The number of hydrogen-bond donors (Lipinski definition) is 0. The third-order valence-electron chi connectivity index (χ3n) is 5.25. The molecule has 0 saturated heterocycles. The van der Waals surface area contributed by atoms with Crippen molar-refractivity contribution in [3.63, 3.8) is 0 Å². The summed E-state index contributed by atoms with van der Waals surface area (Å²) >= 11 is 0. The van der Waals surface area contributed by atoms with Crippen molar-refractivity contribution in [3.05, 3.63) is 102 Å². The van der Waals surface area contributed by atoms with Gasteiger partial charge in [0.05, 0.1) is 19.7 Å². The molecule has 4 rings (SSSR count). The van der Waals surface area contributed by atoms with Crippen LogP contribution in [0.3, 0.4) is 0 Å². The number of benzene rings is 3. The molecule has 0 amide bonds. The van der Waals surface area contributed by atoms with E-state index < -0.39 is 18.0 Å². The second kappa shape index (κ2) is 9.39. The quantitative estimate of drug-likeness (QED) is 0.396. The Bertz CT molecular complexity index is 1230. The molecule has 1 heterocycles. The molecule has 1 unspecified atom stereocenters. The van der Waals surface area contributed by atoms with Crippen molar-refractivity contribution in [2.75, 3.05) is 14.2 Å². The van der Waals surface area contributed by atoms with E-state index >= 15 is 0 Å². The highest BCUT2D eigenvalue weighted by Crippen LogP contribution is 2.33. The second-order valence-corrected chi connectivity index (χ2v) is 7.21. The van der Waals surface area contributed by atoms with E-state index in [1.807, 2.05) is 77.4 Å². The molecule has 0 N–H and O–H groups in total. The van der Waals surface area contributed by atoms with E-state index in [1.54, 1.807) is 12.1 Å². The summed E-state index contributed by atoms with van der Waals surface area (Å²) in [7, 11) is 2.68. The van der Waals surface area contributed by atoms with E-state index in [0.717, 1.165) is 11.1 Å². The zero-order chi connectivity index (χ0) is 22.5. The molecular formula is C26H23NO5. The molecule has 0 spiro atoms. The SMILES string of the molecule is COC(=O)c1cc2c(OC(C(=O)OC)c3ccccc3)cccc2n1Cc1ccccc1. The van der Waals surface area contributed by atoms with Crippen LogP contribution in [0.25, 0.3) is 10.9 Å². The fourth-order valence-electron chi connectivity index (χ4n) is 3.68. The van der Waals surface area contributed by atoms with Gasteiger partial charge >= 0.3 is 11.9 Å². The van der Waals surface area contributed by atoms with Gasteiger partial charge in [-0.3, -0.25) is 0 Å². The maximum absolute atomic E-state index is 12.5. The number of nitrogens with zero attached hydrogens (tertiary/aromatic N) is 1. The number of rotatable bonds is 7. The minimum absolute atomic E-state index is 0.400. The summed E-state index contributed by atoms with van der Waals surface area (Å²) in [5.74, 6) is -0.487. The molecule has 4 aromatic rings. The van der Waals surface area contributed by atoms with Gasteiger partial charge in [-0.15, -0.1) is 0 Å². The van der Waals surface area contributed by atoms with Crippen molar-refractivity contribution < 1.29 is 23.8 Å². The van der Waals surface area contributed by atoms with Crippen LogP contribution in [0.4, 0.5) is 0 Å². The number of ether oxygens (including phenoxy) is 3. The lowest BCUT2D eigenvalue weighted by atomic mass is 10.1. The van der Waals surface area contributed by atoms with Gasteiger partial charge in [-0.1, -0.05) is 66.7 Å². The highest BCUT2D eigenvalue weighted by molar-refractivity contribution is 5.98. The van der Waals surface area contributed by atoms with Crippen LogP contribution in [0, 0.1) is 0 Å². The number of carbonyl (C=O) groups is 2. The fraction of sp³-hybridized carbons (Fsp3) is 0.154. The number of esters is 2. The van der Waals surface area contributed by atoms with Gasteiger partial charge in [0.1, 0.15) is 11.4 Å². The molecule has 1 aromatic heterocycles. The maximum atomic E-state index is 12.5. The summed E-state index contributed by atoms with van der Waals surface area (Å²) < 4.78 is 18.0. The number of methoxy groups -OCH3 is 2. The lowest BCUT2D eigenvalue weighted by Gasteiger charge is -2.18. The molecule has 0 aliphatic rings. The standard InChI is InChI=1S/C26H23NO5/c1-30-25(28)22-16-20-21(27(22)17-18-10-5-3-6-11-18)14-9-15-23(20)32-24(26(29)31-2)19-12-7-4-8-13-19/h3-16,24H,17H2,1-2H3. The topological polar surface area (TPSA) is 66.8 Å². The highest BCUT2D eigenvalue weighted by Gasteiger charge is 2.26. The Balaban J connectivity index is 1.81. The lowest BCUT2D eigenvalue weighted by molar-refractivity contribution is -0.149. The Morgan fingerprint density at radius 3 is 2.19 bits per heavy atom. The molecule has 162 valence electrons. The van der Waals surface area contributed by atoms with Crippen molar-refractivity contribution >= 4 is 22.8 Å². The Labute approximate surface area is 185 Å². The van der Waals surface area contributed by atoms with Crippen LogP contribution in [0.15, 0.2) is 84.9 Å². The van der Waals surface area contributed by atoms with Crippen molar-refractivity contribution in [3.8, 4) is 5.75 Å². The van der Waals surface area contributed by atoms with Gasteiger partial charge in [-0.2, -0.15) is 0 Å². The van der Waals surface area contributed by atoms with Crippen molar-refractivity contribution in [1.29, 1.82) is 0 Å². The normalized spacial score (nSPS) is 11.7. The Hall–Kier alpha value is -4.06. The molecule has 0 aliphatic heterocycles. The van der Waals surface area contributed by atoms with E-state index in [2.05, 4.69) is 0 Å². The molecule has 0 aliphatic carbocycles. The van der Waals surface area contributed by atoms with Crippen molar-refractivity contribution in [2.24, 2.45) is 0 Å². The van der Waals surface area contributed by atoms with E-state index in [4.69, 9.17) is 14.2 Å². The Morgan fingerprint density at radius 1 is 0.844 bits per heavy atom. The fourth-order valence-corrected chi connectivity index (χ4v) is 3.68. The predicted octanol–water partition coefficient (Wildman–Crippen LogP) is 4.77. The first-order valence-corrected chi connectivity index (χ1v) is 10.2. The van der Waals surface area contributed by atoms with Crippen LogP contribution in [0.1, 0.15) is 27.7 Å². The molecule has 0 fully saturated rings. The number of aromatic nitrogens is 1. The van der Waals surface area contributed by atoms with Crippen LogP contribution in [0.2, 0.25) is 0 Å². The summed E-state index contributed by atoms with van der Waals surface area (Å²) in [6.07, 6.45) is -0.939. The van der Waals surface area contributed by atoms with Crippen molar-refractivity contribution in [1.82, 2.24) is 4.57 Å². The third-order valence-corrected chi connectivity index (χ3v) is 5.25. The van der Waals surface area contributed by atoms with E-state index in [1.165, 1.54) is 14.2 Å². The van der Waals surface area contributed by atoms with Gasteiger partial charge in [0.15, 0.2) is 0 Å². The summed E-state index contributed by atoms with van der Waals surface area (Å²) in [6.45, 7) is 0.483. The maximum Gasteiger partial charge on any atom is 0.354 e. The largest absolute Gasteiger partial charge is 0.473 e. The Morgan fingerprint density at radius 2 is 1.53 bits per heavy atom. The molecule has 1 atom stereocenters. The van der Waals surface area contributed by atoms with E-state index in [0.29, 0.717) is 28.9 Å². The van der Waals surface area contributed by atoms with Gasteiger partial charge in [-0.05, 0) is 23.8 Å². The third kappa shape index (κ3) is 4.21. The molecule has 0 saturated carbocycles. The monoisotopic (exact) mass is 429 g/mol.